The predicted octanol–water partition coefficient (Wildman–Crippen LogP) is 3.77. The Balaban J connectivity index is 2.05. The van der Waals surface area contributed by atoms with Gasteiger partial charge in [0.2, 0.25) is 0 Å². The van der Waals surface area contributed by atoms with Gasteiger partial charge in [-0.25, -0.2) is 18.6 Å². The summed E-state index contributed by atoms with van der Waals surface area (Å²) >= 11 is 3.16. The first-order valence-corrected chi connectivity index (χ1v) is 5.98. The average molecular weight is 328 g/mol. The fraction of sp³-hybridized carbons (Fsp3) is 0. The molecular weight excluding hydrogens is 320 g/mol. The van der Waals surface area contributed by atoms with Gasteiger partial charge in [0.1, 0.15) is 16.2 Å². The summed E-state index contributed by atoms with van der Waals surface area (Å²) in [5, 5.41) is 4.83. The smallest absolute Gasteiger partial charge is 0.308 e. The number of hydrogen-bond donors (Lipinski definition) is 2. The Morgan fingerprint density at radius 1 is 1.05 bits per heavy atom. The first-order chi connectivity index (χ1) is 9.02. The molecule has 0 aliphatic carbocycles. The number of pyridine rings is 1. The zero-order chi connectivity index (χ0) is 13.8. The first kappa shape index (κ1) is 13.4. The van der Waals surface area contributed by atoms with Gasteiger partial charge in [-0.1, -0.05) is 0 Å². The number of nitrogens with one attached hydrogen (secondary N) is 2. The second-order valence-corrected chi connectivity index (χ2v) is 4.42. The van der Waals surface area contributed by atoms with Crippen LogP contribution in [0.3, 0.4) is 0 Å². The SMILES string of the molecule is O=C(Nc1cc(F)cc(F)c1)Nc1ccnc(Br)c1. The number of benzene rings is 1. The van der Waals surface area contributed by atoms with E-state index in [1.807, 2.05) is 0 Å². The van der Waals surface area contributed by atoms with E-state index >= 15 is 0 Å². The fourth-order valence-electron chi connectivity index (χ4n) is 1.40. The Labute approximate surface area is 116 Å². The molecule has 0 aliphatic rings. The molecule has 1 heterocycles. The molecule has 2 N–H and O–H groups in total. The van der Waals surface area contributed by atoms with Crippen LogP contribution in [0, 0.1) is 11.6 Å². The van der Waals surface area contributed by atoms with Crippen LogP contribution in [0.4, 0.5) is 25.0 Å². The quantitative estimate of drug-likeness (QED) is 0.825. The molecule has 0 atom stereocenters. The van der Waals surface area contributed by atoms with Gasteiger partial charge in [0.25, 0.3) is 0 Å². The Bertz CT molecular complexity index is 601. The summed E-state index contributed by atoms with van der Waals surface area (Å²) in [6.07, 6.45) is 1.50. The summed E-state index contributed by atoms with van der Waals surface area (Å²) in [7, 11) is 0. The third-order valence-corrected chi connectivity index (χ3v) is 2.54. The summed E-state index contributed by atoms with van der Waals surface area (Å²) in [4.78, 5) is 15.5. The lowest BCUT2D eigenvalue weighted by Gasteiger charge is -2.08. The van der Waals surface area contributed by atoms with Gasteiger partial charge in [0.15, 0.2) is 0 Å². The van der Waals surface area contributed by atoms with Crippen LogP contribution in [-0.4, -0.2) is 11.0 Å². The maximum absolute atomic E-state index is 12.9. The molecule has 2 amide bonds. The standard InChI is InChI=1S/C12H8BrF2N3O/c13-11-6-9(1-2-16-11)17-12(19)18-10-4-7(14)3-8(15)5-10/h1-6H,(H2,16,17,18,19). The maximum Gasteiger partial charge on any atom is 0.323 e. The fourth-order valence-corrected chi connectivity index (χ4v) is 1.76. The second-order valence-electron chi connectivity index (χ2n) is 3.60. The molecular formula is C12H8BrF2N3O. The molecule has 0 unspecified atom stereocenters. The van der Waals surface area contributed by atoms with E-state index in [2.05, 4.69) is 31.5 Å². The van der Waals surface area contributed by atoms with Crippen molar-refractivity contribution < 1.29 is 13.6 Å². The van der Waals surface area contributed by atoms with Crippen molar-refractivity contribution in [3.05, 3.63) is 52.8 Å². The number of carbonyl (C=O) groups excluding carboxylic acids is 1. The number of nitrogens with zero attached hydrogens (tertiary/aromatic N) is 1. The number of rotatable bonds is 2. The minimum Gasteiger partial charge on any atom is -0.308 e. The summed E-state index contributed by atoms with van der Waals surface area (Å²) in [5.41, 5.74) is 0.527. The molecule has 0 bridgehead atoms. The van der Waals surface area contributed by atoms with Crippen molar-refractivity contribution in [3.63, 3.8) is 0 Å². The monoisotopic (exact) mass is 327 g/mol. The highest BCUT2D eigenvalue weighted by molar-refractivity contribution is 9.10. The van der Waals surface area contributed by atoms with Crippen LogP contribution in [-0.2, 0) is 0 Å². The largest absolute Gasteiger partial charge is 0.323 e. The molecule has 0 fully saturated rings. The minimum atomic E-state index is -0.762. The normalized spacial score (nSPS) is 10.1. The highest BCUT2D eigenvalue weighted by Crippen LogP contribution is 2.15. The molecule has 1 aromatic heterocycles. The third-order valence-electron chi connectivity index (χ3n) is 2.10. The maximum atomic E-state index is 12.9. The average Bonchev–Trinajstić information content (AvgIpc) is 2.26. The van der Waals surface area contributed by atoms with E-state index < -0.39 is 17.7 Å². The van der Waals surface area contributed by atoms with E-state index in [9.17, 15) is 13.6 Å². The predicted molar refractivity (Wildman–Crippen MR) is 70.9 cm³/mol. The van der Waals surface area contributed by atoms with Crippen molar-refractivity contribution in [2.75, 3.05) is 10.6 Å². The Hall–Kier alpha value is -2.02. The number of hydrogen-bond acceptors (Lipinski definition) is 2. The van der Waals surface area contributed by atoms with Crippen LogP contribution in [0.5, 0.6) is 0 Å². The van der Waals surface area contributed by atoms with Gasteiger partial charge in [-0.3, -0.25) is 0 Å². The molecule has 7 heteroatoms. The number of urea groups is 1. The summed E-state index contributed by atoms with van der Waals surface area (Å²) in [6.45, 7) is 0. The van der Waals surface area contributed by atoms with Gasteiger partial charge in [-0.2, -0.15) is 0 Å². The van der Waals surface area contributed by atoms with Crippen molar-refractivity contribution >= 4 is 33.3 Å². The molecule has 0 radical (unpaired) electrons. The third kappa shape index (κ3) is 3.99. The number of aromatic nitrogens is 1. The zero-order valence-electron chi connectivity index (χ0n) is 9.45. The molecule has 19 heavy (non-hydrogen) atoms. The number of amides is 2. The number of carbonyl (C=O) groups is 1. The van der Waals surface area contributed by atoms with E-state index in [0.29, 0.717) is 10.3 Å². The Morgan fingerprint density at radius 2 is 1.68 bits per heavy atom. The van der Waals surface area contributed by atoms with Gasteiger partial charge in [-0.15, -0.1) is 0 Å². The van der Waals surface area contributed by atoms with E-state index in [1.54, 1.807) is 12.1 Å². The highest BCUT2D eigenvalue weighted by atomic mass is 79.9. The van der Waals surface area contributed by atoms with E-state index in [0.717, 1.165) is 18.2 Å². The molecule has 0 aliphatic heterocycles. The van der Waals surface area contributed by atoms with Gasteiger partial charge >= 0.3 is 6.03 Å². The Morgan fingerprint density at radius 3 is 2.32 bits per heavy atom. The van der Waals surface area contributed by atoms with Gasteiger partial charge in [0.05, 0.1) is 0 Å². The summed E-state index contributed by atoms with van der Waals surface area (Å²) in [5.74, 6) is -1.52. The van der Waals surface area contributed by atoms with Crippen molar-refractivity contribution in [2.45, 2.75) is 0 Å². The van der Waals surface area contributed by atoms with Crippen LogP contribution in [0.1, 0.15) is 0 Å². The Kier molecular flexibility index (Phi) is 4.06. The lowest BCUT2D eigenvalue weighted by atomic mass is 10.3. The van der Waals surface area contributed by atoms with Crippen molar-refractivity contribution in [3.8, 4) is 0 Å². The molecule has 0 spiro atoms. The molecule has 4 nitrogen and oxygen atoms in total. The molecule has 0 saturated carbocycles. The van der Waals surface area contributed by atoms with E-state index in [1.165, 1.54) is 6.20 Å². The summed E-state index contributed by atoms with van der Waals surface area (Å²) < 4.78 is 26.4. The molecule has 0 saturated heterocycles. The minimum absolute atomic E-state index is 0.0307. The van der Waals surface area contributed by atoms with Crippen molar-refractivity contribution in [1.29, 1.82) is 0 Å². The zero-order valence-corrected chi connectivity index (χ0v) is 11.0. The van der Waals surface area contributed by atoms with Gasteiger partial charge < -0.3 is 10.6 Å². The molecule has 1 aromatic carbocycles. The van der Waals surface area contributed by atoms with E-state index in [4.69, 9.17) is 0 Å². The second kappa shape index (κ2) is 5.75. The summed E-state index contributed by atoms with van der Waals surface area (Å²) in [6, 6.07) is 5.32. The van der Waals surface area contributed by atoms with Crippen molar-refractivity contribution in [1.82, 2.24) is 4.98 Å². The van der Waals surface area contributed by atoms with Gasteiger partial charge in [0, 0.05) is 23.6 Å². The van der Waals surface area contributed by atoms with Crippen LogP contribution < -0.4 is 10.6 Å². The molecule has 98 valence electrons. The molecule has 2 rings (SSSR count). The van der Waals surface area contributed by atoms with Crippen LogP contribution in [0.25, 0.3) is 0 Å². The van der Waals surface area contributed by atoms with Crippen LogP contribution in [0.15, 0.2) is 41.1 Å². The van der Waals surface area contributed by atoms with Crippen LogP contribution in [0.2, 0.25) is 0 Å². The lowest BCUT2D eigenvalue weighted by molar-refractivity contribution is 0.262. The van der Waals surface area contributed by atoms with Crippen LogP contribution >= 0.6 is 15.9 Å². The van der Waals surface area contributed by atoms with Crippen molar-refractivity contribution in [2.24, 2.45) is 0 Å². The topological polar surface area (TPSA) is 54.0 Å². The number of anilines is 2. The van der Waals surface area contributed by atoms with Gasteiger partial charge in [-0.05, 0) is 40.2 Å². The number of halogens is 3. The highest BCUT2D eigenvalue weighted by Gasteiger charge is 2.06. The first-order valence-electron chi connectivity index (χ1n) is 5.18. The molecule has 2 aromatic rings. The van der Waals surface area contributed by atoms with E-state index in [-0.39, 0.29) is 5.69 Å². The lowest BCUT2D eigenvalue weighted by Crippen LogP contribution is -2.19.